The van der Waals surface area contributed by atoms with Crippen molar-refractivity contribution in [1.29, 1.82) is 0 Å². The van der Waals surface area contributed by atoms with Crippen molar-refractivity contribution in [2.75, 3.05) is 19.5 Å². The summed E-state index contributed by atoms with van der Waals surface area (Å²) in [6.07, 6.45) is 2.38. The van der Waals surface area contributed by atoms with E-state index < -0.39 is 0 Å². The zero-order valence-corrected chi connectivity index (χ0v) is 10.8. The Kier molecular flexibility index (Phi) is 3.68. The molecule has 0 amide bonds. The van der Waals surface area contributed by atoms with Crippen LogP contribution in [-0.2, 0) is 0 Å². The van der Waals surface area contributed by atoms with Gasteiger partial charge in [-0.2, -0.15) is 0 Å². The van der Waals surface area contributed by atoms with Gasteiger partial charge in [0.2, 0.25) is 0 Å². The van der Waals surface area contributed by atoms with Crippen LogP contribution >= 0.6 is 12.2 Å². The first kappa shape index (κ1) is 12.0. The molecule has 2 rings (SSSR count). The van der Waals surface area contributed by atoms with Gasteiger partial charge in [0, 0.05) is 12.1 Å². The SMILES string of the molecule is COc1ccc(OC)c(NC(=S)NC2CC2)c1. The van der Waals surface area contributed by atoms with Crippen LogP contribution in [0.4, 0.5) is 5.69 Å². The predicted molar refractivity (Wildman–Crippen MR) is 71.9 cm³/mol. The van der Waals surface area contributed by atoms with E-state index in [0.29, 0.717) is 11.2 Å². The molecule has 1 aliphatic rings. The summed E-state index contributed by atoms with van der Waals surface area (Å²) in [6, 6.07) is 6.09. The van der Waals surface area contributed by atoms with Crippen molar-refractivity contribution < 1.29 is 9.47 Å². The monoisotopic (exact) mass is 252 g/mol. The molecule has 0 spiro atoms. The second kappa shape index (κ2) is 5.23. The Morgan fingerprint density at radius 2 is 2.06 bits per heavy atom. The Labute approximate surface area is 106 Å². The maximum atomic E-state index is 5.26. The molecule has 4 nitrogen and oxygen atoms in total. The van der Waals surface area contributed by atoms with Crippen LogP contribution in [0.5, 0.6) is 11.5 Å². The number of ether oxygens (including phenoxy) is 2. The van der Waals surface area contributed by atoms with Crippen LogP contribution in [-0.4, -0.2) is 25.4 Å². The summed E-state index contributed by atoms with van der Waals surface area (Å²) in [6.45, 7) is 0. The second-order valence-corrected chi connectivity index (χ2v) is 4.35. The van der Waals surface area contributed by atoms with E-state index in [1.54, 1.807) is 14.2 Å². The molecule has 0 bridgehead atoms. The summed E-state index contributed by atoms with van der Waals surface area (Å²) in [5.74, 6) is 1.51. The molecule has 0 aliphatic heterocycles. The van der Waals surface area contributed by atoms with Crippen LogP contribution in [0.3, 0.4) is 0 Å². The molecule has 2 N–H and O–H groups in total. The fourth-order valence-corrected chi connectivity index (χ4v) is 1.76. The molecular weight excluding hydrogens is 236 g/mol. The molecule has 1 saturated carbocycles. The maximum absolute atomic E-state index is 5.26. The lowest BCUT2D eigenvalue weighted by molar-refractivity contribution is 0.405. The standard InChI is InChI=1S/C12H16N2O2S/c1-15-9-5-6-11(16-2)10(7-9)14-12(17)13-8-3-4-8/h5-8H,3-4H2,1-2H3,(H2,13,14,17). The van der Waals surface area contributed by atoms with Crippen LogP contribution in [0.25, 0.3) is 0 Å². The first-order valence-electron chi connectivity index (χ1n) is 5.52. The number of nitrogens with one attached hydrogen (secondary N) is 2. The van der Waals surface area contributed by atoms with Crippen molar-refractivity contribution >= 4 is 23.0 Å². The lowest BCUT2D eigenvalue weighted by atomic mass is 10.2. The molecule has 1 aromatic carbocycles. The number of benzene rings is 1. The van der Waals surface area contributed by atoms with E-state index >= 15 is 0 Å². The van der Waals surface area contributed by atoms with Crippen molar-refractivity contribution in [2.24, 2.45) is 0 Å². The fourth-order valence-electron chi connectivity index (χ4n) is 1.48. The van der Waals surface area contributed by atoms with Gasteiger partial charge in [0.25, 0.3) is 0 Å². The molecule has 0 aromatic heterocycles. The van der Waals surface area contributed by atoms with Crippen molar-refractivity contribution in [2.45, 2.75) is 18.9 Å². The molecule has 0 radical (unpaired) electrons. The van der Waals surface area contributed by atoms with Gasteiger partial charge in [-0.1, -0.05) is 0 Å². The zero-order chi connectivity index (χ0) is 12.3. The Morgan fingerprint density at radius 1 is 1.29 bits per heavy atom. The third-order valence-corrected chi connectivity index (χ3v) is 2.79. The molecule has 1 aromatic rings. The van der Waals surface area contributed by atoms with Crippen molar-refractivity contribution in [3.63, 3.8) is 0 Å². The minimum Gasteiger partial charge on any atom is -0.497 e. The third-order valence-electron chi connectivity index (χ3n) is 2.57. The minimum absolute atomic E-state index is 0.534. The average molecular weight is 252 g/mol. The highest BCUT2D eigenvalue weighted by Gasteiger charge is 2.22. The van der Waals surface area contributed by atoms with E-state index in [-0.39, 0.29) is 0 Å². The van der Waals surface area contributed by atoms with Crippen molar-refractivity contribution in [1.82, 2.24) is 5.32 Å². The van der Waals surface area contributed by atoms with Gasteiger partial charge in [-0.15, -0.1) is 0 Å². The summed E-state index contributed by atoms with van der Waals surface area (Å²) >= 11 is 5.22. The molecule has 1 fully saturated rings. The summed E-state index contributed by atoms with van der Waals surface area (Å²) in [4.78, 5) is 0. The van der Waals surface area contributed by atoms with Gasteiger partial charge in [-0.05, 0) is 37.2 Å². The average Bonchev–Trinajstić information content (AvgIpc) is 3.12. The molecule has 0 unspecified atom stereocenters. The Balaban J connectivity index is 2.08. The third kappa shape index (κ3) is 3.23. The van der Waals surface area contributed by atoms with Gasteiger partial charge in [-0.3, -0.25) is 0 Å². The maximum Gasteiger partial charge on any atom is 0.171 e. The Hall–Kier alpha value is -1.49. The molecule has 0 heterocycles. The largest absolute Gasteiger partial charge is 0.497 e. The van der Waals surface area contributed by atoms with Gasteiger partial charge in [0.05, 0.1) is 19.9 Å². The highest BCUT2D eigenvalue weighted by Crippen LogP contribution is 2.29. The number of hydrogen-bond acceptors (Lipinski definition) is 3. The summed E-state index contributed by atoms with van der Waals surface area (Å²) < 4.78 is 10.4. The topological polar surface area (TPSA) is 42.5 Å². The van der Waals surface area contributed by atoms with E-state index in [1.807, 2.05) is 18.2 Å². The van der Waals surface area contributed by atoms with Crippen molar-refractivity contribution in [3.8, 4) is 11.5 Å². The quantitative estimate of drug-likeness (QED) is 0.804. The summed E-state index contributed by atoms with van der Waals surface area (Å²) in [5, 5.41) is 6.96. The van der Waals surface area contributed by atoms with Crippen LogP contribution in [0.2, 0.25) is 0 Å². The van der Waals surface area contributed by atoms with E-state index in [2.05, 4.69) is 10.6 Å². The first-order valence-corrected chi connectivity index (χ1v) is 5.93. The lowest BCUT2D eigenvalue weighted by Crippen LogP contribution is -2.30. The highest BCUT2D eigenvalue weighted by molar-refractivity contribution is 7.80. The van der Waals surface area contributed by atoms with Gasteiger partial charge < -0.3 is 20.1 Å². The molecule has 0 saturated heterocycles. The van der Waals surface area contributed by atoms with Gasteiger partial charge >= 0.3 is 0 Å². The van der Waals surface area contributed by atoms with Crippen LogP contribution in [0, 0.1) is 0 Å². The molecule has 1 aliphatic carbocycles. The number of thiocarbonyl (C=S) groups is 1. The Morgan fingerprint density at radius 3 is 2.65 bits per heavy atom. The molecule has 92 valence electrons. The number of methoxy groups -OCH3 is 2. The Bertz CT molecular complexity index is 419. The predicted octanol–water partition coefficient (Wildman–Crippen LogP) is 2.15. The van der Waals surface area contributed by atoms with Gasteiger partial charge in [0.1, 0.15) is 11.5 Å². The number of hydrogen-bond donors (Lipinski definition) is 2. The fraction of sp³-hybridized carbons (Fsp3) is 0.417. The minimum atomic E-state index is 0.534. The normalized spacial score (nSPS) is 14.0. The van der Waals surface area contributed by atoms with E-state index in [9.17, 15) is 0 Å². The lowest BCUT2D eigenvalue weighted by Gasteiger charge is -2.14. The number of anilines is 1. The van der Waals surface area contributed by atoms with Crippen LogP contribution in [0.15, 0.2) is 18.2 Å². The molecule has 17 heavy (non-hydrogen) atoms. The van der Waals surface area contributed by atoms with E-state index in [4.69, 9.17) is 21.7 Å². The van der Waals surface area contributed by atoms with Crippen LogP contribution < -0.4 is 20.1 Å². The highest BCUT2D eigenvalue weighted by atomic mass is 32.1. The smallest absolute Gasteiger partial charge is 0.171 e. The van der Waals surface area contributed by atoms with Gasteiger partial charge in [-0.25, -0.2) is 0 Å². The molecular formula is C12H16N2O2S. The number of rotatable bonds is 4. The second-order valence-electron chi connectivity index (χ2n) is 3.94. The molecule has 5 heteroatoms. The molecule has 0 atom stereocenters. The first-order chi connectivity index (χ1) is 8.22. The van der Waals surface area contributed by atoms with Crippen LogP contribution in [0.1, 0.15) is 12.8 Å². The van der Waals surface area contributed by atoms with Crippen molar-refractivity contribution in [3.05, 3.63) is 18.2 Å². The zero-order valence-electron chi connectivity index (χ0n) is 9.95. The van der Waals surface area contributed by atoms with Gasteiger partial charge in [0.15, 0.2) is 5.11 Å². The van der Waals surface area contributed by atoms with E-state index in [1.165, 1.54) is 12.8 Å². The summed E-state index contributed by atoms with van der Waals surface area (Å²) in [7, 11) is 3.26. The van der Waals surface area contributed by atoms with E-state index in [0.717, 1.165) is 17.2 Å². The summed E-state index contributed by atoms with van der Waals surface area (Å²) in [5.41, 5.74) is 0.810.